The third kappa shape index (κ3) is 4.28. The molecular weight excluding hydrogens is 347 g/mol. The maximum atomic E-state index is 11.9. The molecule has 0 amide bonds. The van der Waals surface area contributed by atoms with Gasteiger partial charge in [-0.3, -0.25) is 4.79 Å². The highest BCUT2D eigenvalue weighted by atomic mass is 35.5. The van der Waals surface area contributed by atoms with Crippen LogP contribution in [0.2, 0.25) is 10.0 Å². The number of ether oxygens (including phenoxy) is 1. The Labute approximate surface area is 149 Å². The fourth-order valence-corrected chi connectivity index (χ4v) is 2.86. The molecule has 0 radical (unpaired) electrons. The van der Waals surface area contributed by atoms with E-state index in [1.165, 1.54) is 0 Å². The number of rotatable bonds is 7. The number of fused-ring (bicyclic) bond motifs is 1. The van der Waals surface area contributed by atoms with E-state index in [9.17, 15) is 4.79 Å². The number of aryl methyl sites for hydroxylation is 1. The van der Waals surface area contributed by atoms with Crippen molar-refractivity contribution in [2.45, 2.75) is 19.3 Å². The van der Waals surface area contributed by atoms with Gasteiger partial charge in [0.2, 0.25) is 0 Å². The van der Waals surface area contributed by atoms with Crippen molar-refractivity contribution in [2.24, 2.45) is 0 Å². The van der Waals surface area contributed by atoms with Crippen LogP contribution in [0.3, 0.4) is 0 Å². The third-order valence-corrected chi connectivity index (χ3v) is 4.12. The SMILES string of the molecule is O=C(CCCc1nc2ccccc2[nH]1)COc1ccc(Cl)cc1Cl. The molecular formula is C18H16Cl2N2O2. The second kappa shape index (κ2) is 7.69. The third-order valence-electron chi connectivity index (χ3n) is 3.59. The zero-order valence-corrected chi connectivity index (χ0v) is 14.4. The lowest BCUT2D eigenvalue weighted by molar-refractivity contribution is -0.121. The Morgan fingerprint density at radius 2 is 2.00 bits per heavy atom. The van der Waals surface area contributed by atoms with Crippen LogP contribution in [-0.4, -0.2) is 22.4 Å². The summed E-state index contributed by atoms with van der Waals surface area (Å²) >= 11 is 11.8. The van der Waals surface area contributed by atoms with Gasteiger partial charge < -0.3 is 9.72 Å². The number of carbonyl (C=O) groups excluding carboxylic acids is 1. The number of carbonyl (C=O) groups is 1. The van der Waals surface area contributed by atoms with Gasteiger partial charge in [-0.1, -0.05) is 35.3 Å². The number of benzene rings is 2. The summed E-state index contributed by atoms with van der Waals surface area (Å²) in [7, 11) is 0. The maximum Gasteiger partial charge on any atom is 0.170 e. The summed E-state index contributed by atoms with van der Waals surface area (Å²) in [6.07, 6.45) is 1.88. The van der Waals surface area contributed by atoms with Crippen LogP contribution in [0.4, 0.5) is 0 Å². The number of aromatic amines is 1. The smallest absolute Gasteiger partial charge is 0.170 e. The van der Waals surface area contributed by atoms with Gasteiger partial charge in [-0.15, -0.1) is 0 Å². The number of ketones is 1. The minimum atomic E-state index is 0.00147. The second-order valence-electron chi connectivity index (χ2n) is 5.46. The van der Waals surface area contributed by atoms with Crippen molar-refractivity contribution in [3.05, 3.63) is 58.3 Å². The molecule has 0 bridgehead atoms. The summed E-state index contributed by atoms with van der Waals surface area (Å²) in [6, 6.07) is 12.8. The summed E-state index contributed by atoms with van der Waals surface area (Å²) in [5.41, 5.74) is 1.96. The fraction of sp³-hybridized carbons (Fsp3) is 0.222. The van der Waals surface area contributed by atoms with Gasteiger partial charge in [-0.05, 0) is 36.8 Å². The normalized spacial score (nSPS) is 10.9. The molecule has 3 rings (SSSR count). The number of aromatic nitrogens is 2. The molecule has 2 aromatic carbocycles. The number of Topliss-reactive ketones (excluding diaryl/α,β-unsaturated/α-hetero) is 1. The van der Waals surface area contributed by atoms with Gasteiger partial charge in [0.15, 0.2) is 5.78 Å². The first kappa shape index (κ1) is 16.8. The topological polar surface area (TPSA) is 55.0 Å². The summed E-state index contributed by atoms with van der Waals surface area (Å²) in [5.74, 6) is 1.38. The number of H-pyrrole nitrogens is 1. The average molecular weight is 363 g/mol. The van der Waals surface area contributed by atoms with Crippen molar-refractivity contribution >= 4 is 40.0 Å². The number of hydrogen-bond acceptors (Lipinski definition) is 3. The van der Waals surface area contributed by atoms with Crippen LogP contribution >= 0.6 is 23.2 Å². The predicted molar refractivity (Wildman–Crippen MR) is 96.0 cm³/mol. The van der Waals surface area contributed by atoms with Gasteiger partial charge >= 0.3 is 0 Å². The molecule has 0 fully saturated rings. The van der Waals surface area contributed by atoms with Crippen molar-refractivity contribution in [2.75, 3.05) is 6.61 Å². The molecule has 0 aliphatic carbocycles. The summed E-state index contributed by atoms with van der Waals surface area (Å²) in [5, 5.41) is 0.932. The monoisotopic (exact) mass is 362 g/mol. The second-order valence-corrected chi connectivity index (χ2v) is 6.30. The Kier molecular flexibility index (Phi) is 5.38. The molecule has 0 saturated heterocycles. The molecule has 3 aromatic rings. The zero-order valence-electron chi connectivity index (χ0n) is 12.9. The summed E-state index contributed by atoms with van der Waals surface area (Å²) in [4.78, 5) is 19.7. The van der Waals surface area contributed by atoms with Gasteiger partial charge in [0.25, 0.3) is 0 Å². The Morgan fingerprint density at radius 1 is 1.17 bits per heavy atom. The minimum absolute atomic E-state index is 0.00147. The van der Waals surface area contributed by atoms with Gasteiger partial charge in [-0.25, -0.2) is 4.98 Å². The Hall–Kier alpha value is -2.04. The van der Waals surface area contributed by atoms with Gasteiger partial charge in [0, 0.05) is 17.9 Å². The highest BCUT2D eigenvalue weighted by Gasteiger charge is 2.08. The molecule has 0 aliphatic rings. The van der Waals surface area contributed by atoms with E-state index in [0.29, 0.717) is 22.2 Å². The van der Waals surface area contributed by atoms with Crippen molar-refractivity contribution in [1.29, 1.82) is 0 Å². The molecule has 4 nitrogen and oxygen atoms in total. The molecule has 124 valence electrons. The first-order valence-electron chi connectivity index (χ1n) is 7.65. The molecule has 0 saturated carbocycles. The standard InChI is InChI=1S/C18H16Cl2N2O2/c19-12-8-9-17(14(20)10-12)24-11-13(23)4-3-7-18-21-15-5-1-2-6-16(15)22-18/h1-2,5-6,8-10H,3-4,7,11H2,(H,21,22). The first-order chi connectivity index (χ1) is 11.6. The van der Waals surface area contributed by atoms with E-state index in [4.69, 9.17) is 27.9 Å². The molecule has 0 aliphatic heterocycles. The van der Waals surface area contributed by atoms with Crippen molar-refractivity contribution < 1.29 is 9.53 Å². The van der Waals surface area contributed by atoms with Crippen LogP contribution in [0.5, 0.6) is 5.75 Å². The molecule has 0 atom stereocenters. The quantitative estimate of drug-likeness (QED) is 0.654. The molecule has 1 N–H and O–H groups in total. The Morgan fingerprint density at radius 3 is 2.79 bits per heavy atom. The molecule has 1 aromatic heterocycles. The molecule has 1 heterocycles. The van der Waals surface area contributed by atoms with Crippen molar-refractivity contribution in [3.63, 3.8) is 0 Å². The highest BCUT2D eigenvalue weighted by molar-refractivity contribution is 6.35. The number of halogens is 2. The highest BCUT2D eigenvalue weighted by Crippen LogP contribution is 2.27. The number of nitrogens with zero attached hydrogens (tertiary/aromatic N) is 1. The number of nitrogens with one attached hydrogen (secondary N) is 1. The van der Waals surface area contributed by atoms with E-state index in [-0.39, 0.29) is 12.4 Å². The van der Waals surface area contributed by atoms with E-state index in [0.717, 1.165) is 29.7 Å². The lowest BCUT2D eigenvalue weighted by atomic mass is 10.2. The fourth-order valence-electron chi connectivity index (χ4n) is 2.40. The summed E-state index contributed by atoms with van der Waals surface area (Å²) < 4.78 is 5.44. The van der Waals surface area contributed by atoms with Crippen LogP contribution in [0.1, 0.15) is 18.7 Å². The number of hydrogen-bond donors (Lipinski definition) is 1. The van der Waals surface area contributed by atoms with E-state index in [2.05, 4.69) is 9.97 Å². The van der Waals surface area contributed by atoms with Crippen LogP contribution in [0.25, 0.3) is 11.0 Å². The maximum absolute atomic E-state index is 11.9. The van der Waals surface area contributed by atoms with Crippen LogP contribution < -0.4 is 4.74 Å². The van der Waals surface area contributed by atoms with Gasteiger partial charge in [0.1, 0.15) is 18.2 Å². The van der Waals surface area contributed by atoms with E-state index < -0.39 is 0 Å². The van der Waals surface area contributed by atoms with Crippen LogP contribution in [-0.2, 0) is 11.2 Å². The molecule has 6 heteroatoms. The van der Waals surface area contributed by atoms with E-state index >= 15 is 0 Å². The van der Waals surface area contributed by atoms with Crippen LogP contribution in [0, 0.1) is 0 Å². The zero-order chi connectivity index (χ0) is 16.9. The molecule has 0 unspecified atom stereocenters. The Balaban J connectivity index is 1.45. The number of imidazole rings is 1. The van der Waals surface area contributed by atoms with Gasteiger partial charge in [0.05, 0.1) is 16.1 Å². The summed E-state index contributed by atoms with van der Waals surface area (Å²) in [6.45, 7) is 0.00147. The first-order valence-corrected chi connectivity index (χ1v) is 8.40. The minimum Gasteiger partial charge on any atom is -0.484 e. The lowest BCUT2D eigenvalue weighted by Crippen LogP contribution is -2.11. The Bertz CT molecular complexity index is 828. The van der Waals surface area contributed by atoms with Gasteiger partial charge in [-0.2, -0.15) is 0 Å². The number of para-hydroxylation sites is 2. The van der Waals surface area contributed by atoms with Crippen LogP contribution in [0.15, 0.2) is 42.5 Å². The predicted octanol–water partition coefficient (Wildman–Crippen LogP) is 4.84. The van der Waals surface area contributed by atoms with E-state index in [1.807, 2.05) is 24.3 Å². The van der Waals surface area contributed by atoms with Crippen molar-refractivity contribution in [3.8, 4) is 5.75 Å². The van der Waals surface area contributed by atoms with E-state index in [1.54, 1.807) is 18.2 Å². The lowest BCUT2D eigenvalue weighted by Gasteiger charge is -2.07. The molecule has 0 spiro atoms. The average Bonchev–Trinajstić information content (AvgIpc) is 2.96. The largest absolute Gasteiger partial charge is 0.484 e. The van der Waals surface area contributed by atoms with Crippen molar-refractivity contribution in [1.82, 2.24) is 9.97 Å². The molecule has 24 heavy (non-hydrogen) atoms.